The van der Waals surface area contributed by atoms with Crippen molar-refractivity contribution in [1.29, 1.82) is 0 Å². The lowest BCUT2D eigenvalue weighted by Crippen LogP contribution is -2.37. The number of nitrogens with zero attached hydrogens (tertiary/aromatic N) is 1. The highest BCUT2D eigenvalue weighted by molar-refractivity contribution is 9.10. The first-order chi connectivity index (χ1) is 9.58. The summed E-state index contributed by atoms with van der Waals surface area (Å²) in [4.78, 5) is 27.1. The molecule has 1 saturated carbocycles. The predicted octanol–water partition coefficient (Wildman–Crippen LogP) is 2.46. The number of rotatable bonds is 4. The molecule has 0 aromatic carbocycles. The van der Waals surface area contributed by atoms with Gasteiger partial charge in [-0.25, -0.2) is 0 Å². The molecule has 0 saturated heterocycles. The van der Waals surface area contributed by atoms with Crippen molar-refractivity contribution in [3.8, 4) is 0 Å². The van der Waals surface area contributed by atoms with Crippen molar-refractivity contribution >= 4 is 27.8 Å². The third kappa shape index (κ3) is 3.79. The SMILES string of the molecule is O=C(NCC1CCCCC1C(=O)O)c1cncc(Br)c1. The second-order valence-electron chi connectivity index (χ2n) is 5.09. The molecule has 1 heterocycles. The van der Waals surface area contributed by atoms with Crippen LogP contribution in [0.1, 0.15) is 36.0 Å². The molecule has 1 aromatic heterocycles. The van der Waals surface area contributed by atoms with Crippen LogP contribution in [-0.4, -0.2) is 28.5 Å². The summed E-state index contributed by atoms with van der Waals surface area (Å²) in [7, 11) is 0. The van der Waals surface area contributed by atoms with E-state index < -0.39 is 5.97 Å². The topological polar surface area (TPSA) is 79.3 Å². The molecule has 2 atom stereocenters. The Bertz CT molecular complexity index is 507. The van der Waals surface area contributed by atoms with Gasteiger partial charge in [-0.2, -0.15) is 0 Å². The van der Waals surface area contributed by atoms with Crippen LogP contribution in [-0.2, 0) is 4.79 Å². The van der Waals surface area contributed by atoms with Gasteiger partial charge in [0.15, 0.2) is 0 Å². The summed E-state index contributed by atoms with van der Waals surface area (Å²) in [5.41, 5.74) is 0.474. The number of aromatic nitrogens is 1. The minimum Gasteiger partial charge on any atom is -0.481 e. The van der Waals surface area contributed by atoms with E-state index in [0.29, 0.717) is 18.5 Å². The van der Waals surface area contributed by atoms with Gasteiger partial charge in [0.2, 0.25) is 0 Å². The Morgan fingerprint density at radius 1 is 1.35 bits per heavy atom. The van der Waals surface area contributed by atoms with E-state index in [1.807, 2.05) is 0 Å². The summed E-state index contributed by atoms with van der Waals surface area (Å²) >= 11 is 3.27. The van der Waals surface area contributed by atoms with E-state index >= 15 is 0 Å². The highest BCUT2D eigenvalue weighted by atomic mass is 79.9. The molecule has 1 aromatic rings. The summed E-state index contributed by atoms with van der Waals surface area (Å²) in [5, 5.41) is 12.0. The maximum absolute atomic E-state index is 12.0. The quantitative estimate of drug-likeness (QED) is 0.882. The molecule has 1 aliphatic carbocycles. The van der Waals surface area contributed by atoms with E-state index in [4.69, 9.17) is 0 Å². The Labute approximate surface area is 125 Å². The van der Waals surface area contributed by atoms with Gasteiger partial charge in [0.05, 0.1) is 11.5 Å². The van der Waals surface area contributed by atoms with Crippen LogP contribution in [0.5, 0.6) is 0 Å². The lowest BCUT2D eigenvalue weighted by atomic mass is 9.79. The van der Waals surface area contributed by atoms with E-state index in [-0.39, 0.29) is 17.7 Å². The average molecular weight is 341 g/mol. The van der Waals surface area contributed by atoms with Crippen LogP contribution in [0.15, 0.2) is 22.9 Å². The van der Waals surface area contributed by atoms with Crippen LogP contribution in [0, 0.1) is 11.8 Å². The summed E-state index contributed by atoms with van der Waals surface area (Å²) in [5.74, 6) is -1.29. The van der Waals surface area contributed by atoms with Gasteiger partial charge in [0.25, 0.3) is 5.91 Å². The molecule has 2 unspecified atom stereocenters. The lowest BCUT2D eigenvalue weighted by molar-refractivity contribution is -0.144. The Hall–Kier alpha value is -1.43. The van der Waals surface area contributed by atoms with Gasteiger partial charge >= 0.3 is 5.97 Å². The molecule has 2 N–H and O–H groups in total. The van der Waals surface area contributed by atoms with Gasteiger partial charge in [0, 0.05) is 23.4 Å². The van der Waals surface area contributed by atoms with Crippen molar-refractivity contribution in [3.05, 3.63) is 28.5 Å². The van der Waals surface area contributed by atoms with E-state index in [9.17, 15) is 14.7 Å². The molecule has 1 fully saturated rings. The molecular weight excluding hydrogens is 324 g/mol. The van der Waals surface area contributed by atoms with Crippen LogP contribution in [0.2, 0.25) is 0 Å². The number of hydrogen-bond acceptors (Lipinski definition) is 3. The van der Waals surface area contributed by atoms with E-state index in [0.717, 1.165) is 23.7 Å². The summed E-state index contributed by atoms with van der Waals surface area (Å²) in [6.45, 7) is 0.405. The second-order valence-corrected chi connectivity index (χ2v) is 6.01. The Balaban J connectivity index is 1.93. The Morgan fingerprint density at radius 2 is 2.10 bits per heavy atom. The molecule has 5 nitrogen and oxygen atoms in total. The minimum atomic E-state index is -0.756. The number of amides is 1. The van der Waals surface area contributed by atoms with Crippen molar-refractivity contribution in [2.75, 3.05) is 6.54 Å². The number of carbonyl (C=O) groups is 2. The maximum Gasteiger partial charge on any atom is 0.306 e. The molecule has 0 radical (unpaired) electrons. The summed E-state index contributed by atoms with van der Waals surface area (Å²) in [6, 6.07) is 1.69. The van der Waals surface area contributed by atoms with Crippen molar-refractivity contribution in [3.63, 3.8) is 0 Å². The number of carboxylic acids is 1. The van der Waals surface area contributed by atoms with Gasteiger partial charge in [0.1, 0.15) is 0 Å². The predicted molar refractivity (Wildman–Crippen MR) is 77.4 cm³/mol. The molecule has 1 amide bonds. The van der Waals surface area contributed by atoms with Gasteiger partial charge < -0.3 is 10.4 Å². The summed E-state index contributed by atoms with van der Waals surface area (Å²) < 4.78 is 0.742. The Kier molecular flexibility index (Phi) is 5.11. The van der Waals surface area contributed by atoms with Crippen LogP contribution >= 0.6 is 15.9 Å². The van der Waals surface area contributed by atoms with Gasteiger partial charge in [-0.05, 0) is 40.8 Å². The van der Waals surface area contributed by atoms with E-state index in [2.05, 4.69) is 26.2 Å². The first kappa shape index (κ1) is 15.0. The van der Waals surface area contributed by atoms with Crippen LogP contribution < -0.4 is 5.32 Å². The van der Waals surface area contributed by atoms with E-state index in [1.54, 1.807) is 12.3 Å². The first-order valence-corrected chi connectivity index (χ1v) is 7.49. The molecule has 1 aliphatic rings. The molecule has 0 bridgehead atoms. The standard InChI is InChI=1S/C14H17BrN2O3/c15-11-5-10(6-16-8-11)13(18)17-7-9-3-1-2-4-12(9)14(19)20/h5-6,8-9,12H,1-4,7H2,(H,17,18)(H,19,20). The number of halogens is 1. The number of carboxylic acid groups (broad SMARTS) is 1. The highest BCUT2D eigenvalue weighted by Crippen LogP contribution is 2.29. The van der Waals surface area contributed by atoms with Crippen LogP contribution in [0.4, 0.5) is 0 Å². The van der Waals surface area contributed by atoms with Crippen molar-refractivity contribution in [1.82, 2.24) is 10.3 Å². The molecular formula is C14H17BrN2O3. The van der Waals surface area contributed by atoms with Crippen LogP contribution in [0.3, 0.4) is 0 Å². The number of carbonyl (C=O) groups excluding carboxylic acids is 1. The fraction of sp³-hybridized carbons (Fsp3) is 0.500. The summed E-state index contributed by atoms with van der Waals surface area (Å²) in [6.07, 6.45) is 6.65. The number of nitrogens with one attached hydrogen (secondary N) is 1. The monoisotopic (exact) mass is 340 g/mol. The molecule has 2 rings (SSSR count). The van der Waals surface area contributed by atoms with E-state index in [1.165, 1.54) is 6.20 Å². The van der Waals surface area contributed by atoms with Crippen LogP contribution in [0.25, 0.3) is 0 Å². The zero-order valence-electron chi connectivity index (χ0n) is 11.0. The zero-order valence-corrected chi connectivity index (χ0v) is 12.6. The third-order valence-electron chi connectivity index (χ3n) is 3.72. The number of hydrogen-bond donors (Lipinski definition) is 2. The van der Waals surface area contributed by atoms with Gasteiger partial charge in [-0.3, -0.25) is 14.6 Å². The smallest absolute Gasteiger partial charge is 0.306 e. The van der Waals surface area contributed by atoms with Crippen molar-refractivity contribution in [2.45, 2.75) is 25.7 Å². The van der Waals surface area contributed by atoms with Crippen molar-refractivity contribution in [2.24, 2.45) is 11.8 Å². The Morgan fingerprint density at radius 3 is 2.80 bits per heavy atom. The fourth-order valence-electron chi connectivity index (χ4n) is 2.64. The third-order valence-corrected chi connectivity index (χ3v) is 4.15. The maximum atomic E-state index is 12.0. The second kappa shape index (κ2) is 6.83. The average Bonchev–Trinajstić information content (AvgIpc) is 2.45. The molecule has 108 valence electrons. The first-order valence-electron chi connectivity index (χ1n) is 6.69. The van der Waals surface area contributed by atoms with Crippen molar-refractivity contribution < 1.29 is 14.7 Å². The number of pyridine rings is 1. The number of aliphatic carboxylic acids is 1. The molecule has 0 spiro atoms. The fourth-order valence-corrected chi connectivity index (χ4v) is 3.00. The van der Waals surface area contributed by atoms with Gasteiger partial charge in [-0.15, -0.1) is 0 Å². The largest absolute Gasteiger partial charge is 0.481 e. The molecule has 20 heavy (non-hydrogen) atoms. The normalized spacial score (nSPS) is 22.2. The highest BCUT2D eigenvalue weighted by Gasteiger charge is 2.30. The van der Waals surface area contributed by atoms with Gasteiger partial charge in [-0.1, -0.05) is 12.8 Å². The molecule has 0 aliphatic heterocycles. The lowest BCUT2D eigenvalue weighted by Gasteiger charge is -2.28. The zero-order chi connectivity index (χ0) is 14.5. The molecule has 6 heteroatoms. The minimum absolute atomic E-state index is 0.0188.